The van der Waals surface area contributed by atoms with Crippen molar-refractivity contribution in [2.75, 3.05) is 5.73 Å². The Kier molecular flexibility index (Phi) is 3.59. The number of rotatable bonds is 2. The fourth-order valence-corrected chi connectivity index (χ4v) is 1.40. The Morgan fingerprint density at radius 3 is 1.80 bits per heavy atom. The molecule has 0 aliphatic heterocycles. The Bertz CT molecular complexity index is 524. The number of benzene rings is 1. The fraction of sp³-hybridized carbons (Fsp3) is 0.333. The van der Waals surface area contributed by atoms with Gasteiger partial charge in [-0.15, -0.1) is 0 Å². The summed E-state index contributed by atoms with van der Waals surface area (Å²) in [7, 11) is 0. The molecule has 0 heterocycles. The molecule has 0 saturated carbocycles. The van der Waals surface area contributed by atoms with Crippen LogP contribution < -0.4 is 5.73 Å². The second-order valence-corrected chi connectivity index (χ2v) is 3.68. The average molecular weight is 306 g/mol. The number of anilines is 1. The summed E-state index contributed by atoms with van der Waals surface area (Å²) in [5, 5.41) is 10.4. The van der Waals surface area contributed by atoms with Gasteiger partial charge in [0.1, 0.15) is 5.69 Å². The van der Waals surface area contributed by atoms with Gasteiger partial charge >= 0.3 is 18.0 Å². The van der Waals surface area contributed by atoms with Crippen molar-refractivity contribution in [3.05, 3.63) is 33.9 Å². The highest BCUT2D eigenvalue weighted by Gasteiger charge is 2.73. The fourth-order valence-electron chi connectivity index (χ4n) is 1.40. The van der Waals surface area contributed by atoms with Crippen LogP contribution in [0.25, 0.3) is 0 Å². The number of nitro benzene ring substituents is 1. The first kappa shape index (κ1) is 16.0. The molecule has 20 heavy (non-hydrogen) atoms. The van der Waals surface area contributed by atoms with Crippen LogP contribution in [0.2, 0.25) is 0 Å². The van der Waals surface area contributed by atoms with Crippen molar-refractivity contribution in [2.24, 2.45) is 0 Å². The quantitative estimate of drug-likeness (QED) is 0.394. The van der Waals surface area contributed by atoms with Gasteiger partial charge in [0, 0.05) is 11.6 Å². The molecule has 0 fully saturated rings. The van der Waals surface area contributed by atoms with E-state index in [9.17, 15) is 40.8 Å². The lowest BCUT2D eigenvalue weighted by Gasteiger charge is -2.30. The Hall–Kier alpha value is -2.07. The van der Waals surface area contributed by atoms with Crippen LogP contribution >= 0.6 is 0 Å². The molecule has 0 aliphatic carbocycles. The van der Waals surface area contributed by atoms with E-state index in [-0.39, 0.29) is 12.1 Å². The second-order valence-electron chi connectivity index (χ2n) is 3.68. The summed E-state index contributed by atoms with van der Waals surface area (Å²) in [5.41, 5.74) is -4.60. The predicted octanol–water partition coefficient (Wildman–Crippen LogP) is 3.47. The molecular weight excluding hydrogens is 301 g/mol. The SMILES string of the molecule is Nc1ccc(C(F)(C(F)(F)F)C(F)(F)F)cc1[N+](=O)[O-]. The summed E-state index contributed by atoms with van der Waals surface area (Å²) in [4.78, 5) is 9.13. The van der Waals surface area contributed by atoms with E-state index in [1.54, 1.807) is 0 Å². The lowest BCUT2D eigenvalue weighted by molar-refractivity contribution is -0.384. The molecule has 1 aromatic carbocycles. The number of hydrogen-bond donors (Lipinski definition) is 1. The number of halogens is 7. The second kappa shape index (κ2) is 4.49. The lowest BCUT2D eigenvalue weighted by atomic mass is 9.93. The third kappa shape index (κ3) is 2.34. The van der Waals surface area contributed by atoms with Crippen LogP contribution in [0.15, 0.2) is 18.2 Å². The molecule has 112 valence electrons. The first-order valence-corrected chi connectivity index (χ1v) is 4.69. The van der Waals surface area contributed by atoms with Crippen molar-refractivity contribution in [2.45, 2.75) is 18.0 Å². The summed E-state index contributed by atoms with van der Waals surface area (Å²) in [6.07, 6.45) is -12.7. The average Bonchev–Trinajstić information content (AvgIpc) is 2.25. The highest BCUT2D eigenvalue weighted by atomic mass is 19.4. The molecule has 1 rings (SSSR count). The minimum Gasteiger partial charge on any atom is -0.393 e. The van der Waals surface area contributed by atoms with Crippen LogP contribution in [0.3, 0.4) is 0 Å². The van der Waals surface area contributed by atoms with Gasteiger partial charge in [-0.3, -0.25) is 10.1 Å². The maximum atomic E-state index is 13.6. The summed E-state index contributed by atoms with van der Waals surface area (Å²) in [5.74, 6) is 0. The predicted molar refractivity (Wildman–Crippen MR) is 52.4 cm³/mol. The monoisotopic (exact) mass is 306 g/mol. The van der Waals surface area contributed by atoms with Crippen LogP contribution in [0.5, 0.6) is 0 Å². The topological polar surface area (TPSA) is 69.2 Å². The molecule has 2 N–H and O–H groups in total. The van der Waals surface area contributed by atoms with Crippen molar-refractivity contribution >= 4 is 11.4 Å². The first-order valence-electron chi connectivity index (χ1n) is 4.69. The molecular formula is C9H5F7N2O2. The molecule has 0 unspecified atom stereocenters. The summed E-state index contributed by atoms with van der Waals surface area (Å²) >= 11 is 0. The summed E-state index contributed by atoms with van der Waals surface area (Å²) in [6, 6.07) is 0.318. The molecule has 0 aliphatic rings. The van der Waals surface area contributed by atoms with Crippen LogP contribution in [0, 0.1) is 10.1 Å². The Morgan fingerprint density at radius 1 is 1.00 bits per heavy atom. The van der Waals surface area contributed by atoms with E-state index in [0.717, 1.165) is 0 Å². The third-order valence-corrected chi connectivity index (χ3v) is 2.41. The lowest BCUT2D eigenvalue weighted by Crippen LogP contribution is -2.50. The van der Waals surface area contributed by atoms with E-state index >= 15 is 0 Å². The van der Waals surface area contributed by atoms with Gasteiger partial charge in [-0.2, -0.15) is 26.3 Å². The van der Waals surface area contributed by atoms with E-state index < -0.39 is 39.9 Å². The van der Waals surface area contributed by atoms with Gasteiger partial charge in [-0.05, 0) is 6.07 Å². The molecule has 1 aromatic rings. The van der Waals surface area contributed by atoms with Crippen LogP contribution in [-0.4, -0.2) is 17.3 Å². The number of nitrogen functional groups attached to an aromatic ring is 1. The molecule has 0 radical (unpaired) electrons. The Labute approximate surface area is 106 Å². The smallest absolute Gasteiger partial charge is 0.393 e. The van der Waals surface area contributed by atoms with Gasteiger partial charge in [-0.1, -0.05) is 6.07 Å². The maximum Gasteiger partial charge on any atom is 0.435 e. The highest BCUT2D eigenvalue weighted by Crippen LogP contribution is 2.53. The zero-order valence-corrected chi connectivity index (χ0v) is 9.22. The molecule has 0 amide bonds. The van der Waals surface area contributed by atoms with E-state index in [4.69, 9.17) is 5.73 Å². The van der Waals surface area contributed by atoms with Crippen LogP contribution in [0.1, 0.15) is 5.56 Å². The number of hydrogen-bond acceptors (Lipinski definition) is 3. The van der Waals surface area contributed by atoms with E-state index in [1.807, 2.05) is 0 Å². The highest BCUT2D eigenvalue weighted by molar-refractivity contribution is 5.60. The van der Waals surface area contributed by atoms with Crippen molar-refractivity contribution in [3.8, 4) is 0 Å². The zero-order valence-electron chi connectivity index (χ0n) is 9.22. The third-order valence-electron chi connectivity index (χ3n) is 2.41. The number of nitro groups is 1. The molecule has 4 nitrogen and oxygen atoms in total. The van der Waals surface area contributed by atoms with E-state index in [0.29, 0.717) is 6.07 Å². The van der Waals surface area contributed by atoms with Crippen LogP contribution in [0.4, 0.5) is 42.1 Å². The standard InChI is InChI=1S/C9H5F7N2O2/c10-7(8(11,12)13,9(14,15)16)4-1-2-5(17)6(3-4)18(19)20/h1-3H,17H2. The van der Waals surface area contributed by atoms with Crippen molar-refractivity contribution in [1.82, 2.24) is 0 Å². The summed E-state index contributed by atoms with van der Waals surface area (Å²) in [6.45, 7) is 0. The van der Waals surface area contributed by atoms with Crippen LogP contribution in [-0.2, 0) is 5.67 Å². The van der Waals surface area contributed by atoms with Crippen molar-refractivity contribution < 1.29 is 35.7 Å². The van der Waals surface area contributed by atoms with Gasteiger partial charge in [0.15, 0.2) is 0 Å². The van der Waals surface area contributed by atoms with Gasteiger partial charge in [-0.25, -0.2) is 4.39 Å². The molecule has 0 bridgehead atoms. The van der Waals surface area contributed by atoms with Gasteiger partial charge < -0.3 is 5.73 Å². The van der Waals surface area contributed by atoms with E-state index in [2.05, 4.69) is 0 Å². The van der Waals surface area contributed by atoms with Crippen molar-refractivity contribution in [1.29, 1.82) is 0 Å². The molecule has 0 spiro atoms. The maximum absolute atomic E-state index is 13.6. The molecule has 0 saturated heterocycles. The Balaban J connectivity index is 3.61. The molecule has 11 heteroatoms. The minimum absolute atomic E-state index is 0.101. The van der Waals surface area contributed by atoms with Gasteiger partial charge in [0.25, 0.3) is 5.69 Å². The van der Waals surface area contributed by atoms with E-state index in [1.165, 1.54) is 0 Å². The largest absolute Gasteiger partial charge is 0.435 e. The summed E-state index contributed by atoms with van der Waals surface area (Å²) < 4.78 is 88.1. The number of nitrogens with zero attached hydrogens (tertiary/aromatic N) is 1. The normalized spacial score (nSPS) is 13.3. The zero-order chi connectivity index (χ0) is 15.9. The van der Waals surface area contributed by atoms with Crippen molar-refractivity contribution in [3.63, 3.8) is 0 Å². The number of nitrogens with two attached hydrogens (primary N) is 1. The van der Waals surface area contributed by atoms with Gasteiger partial charge in [0.2, 0.25) is 0 Å². The Morgan fingerprint density at radius 2 is 1.45 bits per heavy atom. The molecule has 0 atom stereocenters. The van der Waals surface area contributed by atoms with Gasteiger partial charge in [0.05, 0.1) is 4.92 Å². The minimum atomic E-state index is -6.34. The first-order chi connectivity index (χ1) is 8.82. The molecule has 0 aromatic heterocycles. The number of alkyl halides is 7.